The van der Waals surface area contributed by atoms with Gasteiger partial charge in [-0.1, -0.05) is 18.2 Å². The van der Waals surface area contributed by atoms with Crippen molar-refractivity contribution in [2.24, 2.45) is 0 Å². The van der Waals surface area contributed by atoms with Crippen LogP contribution in [0.5, 0.6) is 0 Å². The molecule has 1 heterocycles. The van der Waals surface area contributed by atoms with E-state index in [9.17, 15) is 26.8 Å². The molecular weight excluding hydrogens is 616 g/mol. The number of nitrogens with zero attached hydrogens (tertiary/aromatic N) is 2. The van der Waals surface area contributed by atoms with Gasteiger partial charge in [0.1, 0.15) is 5.82 Å². The Morgan fingerprint density at radius 2 is 1.74 bits per heavy atom. The summed E-state index contributed by atoms with van der Waals surface area (Å²) in [5.74, 6) is -3.35. The number of nitrogens with one attached hydrogen (secondary N) is 2. The third-order valence-corrected chi connectivity index (χ3v) is 10.2. The first-order valence-electron chi connectivity index (χ1n) is 14.6. The molecule has 46 heavy (non-hydrogen) atoms. The number of aryl methyl sites for hydroxylation is 2. The highest BCUT2D eigenvalue weighted by Gasteiger charge is 2.39. The molecule has 0 radical (unpaired) electrons. The van der Waals surface area contributed by atoms with E-state index in [2.05, 4.69) is 15.6 Å². The number of hydrogen-bond donors (Lipinski definition) is 3. The first-order chi connectivity index (χ1) is 21.8. The van der Waals surface area contributed by atoms with Crippen molar-refractivity contribution in [3.63, 3.8) is 0 Å². The number of aromatic nitrogens is 1. The second kappa shape index (κ2) is 12.9. The van der Waals surface area contributed by atoms with Crippen LogP contribution in [-0.2, 0) is 31.8 Å². The monoisotopic (exact) mass is 651 g/mol. The van der Waals surface area contributed by atoms with Gasteiger partial charge >= 0.3 is 12.0 Å². The lowest BCUT2D eigenvalue weighted by molar-refractivity contribution is -0.128. The lowest BCUT2D eigenvalue weighted by atomic mass is 9.98. The van der Waals surface area contributed by atoms with Gasteiger partial charge in [0.05, 0.1) is 16.7 Å². The Morgan fingerprint density at radius 1 is 1.04 bits per heavy atom. The third-order valence-electron chi connectivity index (χ3n) is 7.88. The van der Waals surface area contributed by atoms with E-state index in [0.29, 0.717) is 35.5 Å². The minimum Gasteiger partial charge on any atom is -0.442 e. The van der Waals surface area contributed by atoms with Crippen LogP contribution < -0.4 is 16.4 Å². The summed E-state index contributed by atoms with van der Waals surface area (Å²) in [6.07, 6.45) is 1.54. The van der Waals surface area contributed by atoms with Gasteiger partial charge in [-0.05, 0) is 91.2 Å². The molecule has 1 aromatic heterocycles. The molecule has 10 nitrogen and oxygen atoms in total. The molecule has 1 aliphatic rings. The molecule has 1 aliphatic carbocycles. The van der Waals surface area contributed by atoms with E-state index in [1.807, 2.05) is 6.07 Å². The second-order valence-corrected chi connectivity index (χ2v) is 13.7. The average Bonchev–Trinajstić information content (AvgIpc) is 3.85. The van der Waals surface area contributed by atoms with Crippen molar-refractivity contribution in [2.45, 2.75) is 49.3 Å². The Labute approximate surface area is 265 Å². The summed E-state index contributed by atoms with van der Waals surface area (Å²) < 4.78 is 61.2. The largest absolute Gasteiger partial charge is 0.442 e. The number of carbonyl (C=O) groups is 2. The molecule has 4 N–H and O–H groups in total. The molecule has 1 fully saturated rings. The predicted octanol–water partition coefficient (Wildman–Crippen LogP) is 5.78. The number of hydrogen-bond acceptors (Lipinski definition) is 8. The minimum atomic E-state index is -3.67. The van der Waals surface area contributed by atoms with E-state index in [1.54, 1.807) is 56.4 Å². The molecule has 0 unspecified atom stereocenters. The smallest absolute Gasteiger partial charge is 0.411 e. The number of benzene rings is 3. The summed E-state index contributed by atoms with van der Waals surface area (Å²) in [7, 11) is -2.14. The van der Waals surface area contributed by atoms with Gasteiger partial charge < -0.3 is 20.7 Å². The summed E-state index contributed by atoms with van der Waals surface area (Å²) in [4.78, 5) is 31.1. The fourth-order valence-electron chi connectivity index (χ4n) is 5.36. The minimum absolute atomic E-state index is 0.0452. The molecule has 5 rings (SSSR count). The molecule has 0 saturated heterocycles. The van der Waals surface area contributed by atoms with Crippen LogP contribution in [0.3, 0.4) is 0 Å². The zero-order valence-corrected chi connectivity index (χ0v) is 26.5. The fraction of sp³-hybridized carbons (Fsp3) is 0.303. The van der Waals surface area contributed by atoms with E-state index >= 15 is 0 Å². The maximum Gasteiger partial charge on any atom is 0.411 e. The zero-order chi connectivity index (χ0) is 33.2. The van der Waals surface area contributed by atoms with Crippen LogP contribution >= 0.6 is 0 Å². The van der Waals surface area contributed by atoms with Crippen LogP contribution in [0.25, 0.3) is 10.8 Å². The Hall–Kier alpha value is -4.78. The Morgan fingerprint density at radius 3 is 2.43 bits per heavy atom. The number of fused-ring (bicyclic) bond motifs is 1. The molecular formula is C33H35F2N5O5S. The standard InChI is InChI=1S/C33H35F2N5O5S/c1-20-5-4-6-21(2)30(20)33(34,35)19-45-32(42)39-25-8-12-28(46(43,44)26-9-10-26)23(16-25)18-40(3)29(41)17-38-24-7-11-27-22(15-24)13-14-37-31(27)36/h4-8,11-16,26,38H,9-10,17-19H2,1-3H3,(H2,36,37)(H,39,42). The number of nitrogen functional groups attached to an aromatic ring is 1. The van der Waals surface area contributed by atoms with Crippen LogP contribution in [0.2, 0.25) is 0 Å². The number of sulfone groups is 1. The number of nitrogens with two attached hydrogens (primary N) is 1. The maximum absolute atomic E-state index is 15.0. The summed E-state index contributed by atoms with van der Waals surface area (Å²) >= 11 is 0. The molecule has 0 aliphatic heterocycles. The summed E-state index contributed by atoms with van der Waals surface area (Å²) in [5, 5.41) is 6.61. The number of ether oxygens (including phenoxy) is 1. The van der Waals surface area contributed by atoms with Gasteiger partial charge in [0.25, 0.3) is 0 Å². The van der Waals surface area contributed by atoms with Crippen LogP contribution in [0.15, 0.2) is 71.8 Å². The van der Waals surface area contributed by atoms with Gasteiger partial charge in [-0.15, -0.1) is 0 Å². The number of halogens is 2. The van der Waals surface area contributed by atoms with Crippen molar-refractivity contribution < 1.29 is 31.5 Å². The molecule has 0 atom stereocenters. The highest BCUT2D eigenvalue weighted by atomic mass is 32.2. The third kappa shape index (κ3) is 7.20. The molecule has 3 aromatic carbocycles. The number of likely N-dealkylation sites (N-methyl/N-ethyl adjacent to an activating group) is 1. The van der Waals surface area contributed by atoms with Crippen LogP contribution in [0.4, 0.5) is 30.8 Å². The molecule has 1 saturated carbocycles. The summed E-state index contributed by atoms with van der Waals surface area (Å²) in [6.45, 7) is 1.77. The Kier molecular flexibility index (Phi) is 9.15. The van der Waals surface area contributed by atoms with Gasteiger partial charge in [-0.25, -0.2) is 18.2 Å². The summed E-state index contributed by atoms with van der Waals surface area (Å²) in [6, 6.07) is 16.2. The molecule has 13 heteroatoms. The van der Waals surface area contributed by atoms with Crippen molar-refractivity contribution in [3.8, 4) is 0 Å². The Bertz CT molecular complexity index is 1890. The first kappa shape index (κ1) is 32.6. The molecule has 2 amide bonds. The summed E-state index contributed by atoms with van der Waals surface area (Å²) in [5.41, 5.74) is 7.55. The molecule has 0 spiro atoms. The lowest BCUT2D eigenvalue weighted by Crippen LogP contribution is -2.32. The van der Waals surface area contributed by atoms with Gasteiger partial charge in [-0.3, -0.25) is 10.1 Å². The zero-order valence-electron chi connectivity index (χ0n) is 25.6. The van der Waals surface area contributed by atoms with Gasteiger partial charge in [0.15, 0.2) is 16.4 Å². The van der Waals surface area contributed by atoms with E-state index in [-0.39, 0.29) is 40.7 Å². The van der Waals surface area contributed by atoms with E-state index in [4.69, 9.17) is 10.5 Å². The topological polar surface area (TPSA) is 144 Å². The van der Waals surface area contributed by atoms with Crippen LogP contribution in [0, 0.1) is 13.8 Å². The number of carbonyl (C=O) groups excluding carboxylic acids is 2. The number of anilines is 3. The highest BCUT2D eigenvalue weighted by molar-refractivity contribution is 7.92. The number of amides is 2. The maximum atomic E-state index is 15.0. The number of alkyl halides is 2. The first-order valence-corrected chi connectivity index (χ1v) is 16.2. The highest BCUT2D eigenvalue weighted by Crippen LogP contribution is 2.36. The second-order valence-electron chi connectivity index (χ2n) is 11.5. The van der Waals surface area contributed by atoms with Crippen molar-refractivity contribution in [1.82, 2.24) is 9.88 Å². The van der Waals surface area contributed by atoms with E-state index in [1.165, 1.54) is 30.1 Å². The van der Waals surface area contributed by atoms with Gasteiger partial charge in [0, 0.05) is 42.1 Å². The SMILES string of the molecule is Cc1cccc(C)c1C(F)(F)COC(=O)Nc1ccc(S(=O)(=O)C2CC2)c(CN(C)C(=O)CNc2ccc3c(N)nccc3c2)c1. The number of rotatable bonds is 11. The van der Waals surface area contributed by atoms with E-state index < -0.39 is 33.7 Å². The van der Waals surface area contributed by atoms with Crippen LogP contribution in [-0.4, -0.2) is 55.8 Å². The van der Waals surface area contributed by atoms with Crippen molar-refractivity contribution >= 4 is 49.8 Å². The number of pyridine rings is 1. The lowest BCUT2D eigenvalue weighted by Gasteiger charge is -2.22. The van der Waals surface area contributed by atoms with Crippen LogP contribution in [0.1, 0.15) is 35.1 Å². The van der Waals surface area contributed by atoms with Gasteiger partial charge in [-0.2, -0.15) is 8.78 Å². The predicted molar refractivity (Wildman–Crippen MR) is 173 cm³/mol. The normalized spacial score (nSPS) is 13.3. The average molecular weight is 652 g/mol. The quantitative estimate of drug-likeness (QED) is 0.185. The van der Waals surface area contributed by atoms with Crippen molar-refractivity contribution in [1.29, 1.82) is 0 Å². The van der Waals surface area contributed by atoms with Crippen molar-refractivity contribution in [2.75, 3.05) is 36.6 Å². The molecule has 4 aromatic rings. The van der Waals surface area contributed by atoms with Gasteiger partial charge in [0.2, 0.25) is 5.91 Å². The fourth-order valence-corrected chi connectivity index (χ4v) is 7.22. The Balaban J connectivity index is 1.27. The van der Waals surface area contributed by atoms with Crippen molar-refractivity contribution in [3.05, 3.63) is 89.1 Å². The molecule has 242 valence electrons. The molecule has 0 bridgehead atoms. The van der Waals surface area contributed by atoms with E-state index in [0.717, 1.165) is 10.8 Å².